The summed E-state index contributed by atoms with van der Waals surface area (Å²) < 4.78 is 0. The van der Waals surface area contributed by atoms with Gasteiger partial charge in [-0.1, -0.05) is 29.8 Å². The second-order valence-corrected chi connectivity index (χ2v) is 6.95. The van der Waals surface area contributed by atoms with E-state index in [9.17, 15) is 4.79 Å². The normalized spacial score (nSPS) is 10.6. The van der Waals surface area contributed by atoms with Crippen molar-refractivity contribution in [1.82, 2.24) is 15.3 Å². The maximum atomic E-state index is 12.0. The van der Waals surface area contributed by atoms with E-state index in [4.69, 9.17) is 11.6 Å². The van der Waals surface area contributed by atoms with Crippen molar-refractivity contribution in [3.63, 3.8) is 0 Å². The maximum Gasteiger partial charge on any atom is 0.220 e. The topological polar surface area (TPSA) is 54.9 Å². The lowest BCUT2D eigenvalue weighted by molar-refractivity contribution is -0.121. The van der Waals surface area contributed by atoms with Gasteiger partial charge < -0.3 is 5.32 Å². The molecule has 2 heterocycles. The molecule has 25 heavy (non-hydrogen) atoms. The fourth-order valence-corrected chi connectivity index (χ4v) is 3.28. The Morgan fingerprint density at radius 1 is 1.08 bits per heavy atom. The van der Waals surface area contributed by atoms with Crippen molar-refractivity contribution in [2.45, 2.75) is 19.3 Å². The first-order valence-electron chi connectivity index (χ1n) is 8.07. The summed E-state index contributed by atoms with van der Waals surface area (Å²) in [4.78, 5) is 20.8. The van der Waals surface area contributed by atoms with Gasteiger partial charge in [-0.3, -0.25) is 9.78 Å². The number of amides is 1. The van der Waals surface area contributed by atoms with Gasteiger partial charge in [0.15, 0.2) is 0 Å². The summed E-state index contributed by atoms with van der Waals surface area (Å²) in [5.74, 6) is 0.0450. The van der Waals surface area contributed by atoms with Gasteiger partial charge in [0.25, 0.3) is 0 Å². The summed E-state index contributed by atoms with van der Waals surface area (Å²) in [7, 11) is 0. The Bertz CT molecular complexity index is 818. The summed E-state index contributed by atoms with van der Waals surface area (Å²) >= 11 is 7.42. The van der Waals surface area contributed by atoms with E-state index in [0.29, 0.717) is 19.4 Å². The lowest BCUT2D eigenvalue weighted by Crippen LogP contribution is -2.25. The minimum Gasteiger partial charge on any atom is -0.356 e. The summed E-state index contributed by atoms with van der Waals surface area (Å²) in [5, 5.41) is 6.61. The van der Waals surface area contributed by atoms with Gasteiger partial charge in [-0.05, 0) is 36.2 Å². The van der Waals surface area contributed by atoms with Crippen molar-refractivity contribution in [3.05, 3.63) is 69.6 Å². The van der Waals surface area contributed by atoms with Crippen LogP contribution in [0.2, 0.25) is 5.02 Å². The van der Waals surface area contributed by atoms with E-state index in [1.165, 1.54) is 0 Å². The number of benzene rings is 1. The highest BCUT2D eigenvalue weighted by Gasteiger charge is 2.08. The number of hydrogen-bond donors (Lipinski definition) is 1. The quantitative estimate of drug-likeness (QED) is 0.678. The predicted molar refractivity (Wildman–Crippen MR) is 102 cm³/mol. The molecule has 1 amide bonds. The van der Waals surface area contributed by atoms with Crippen molar-refractivity contribution < 1.29 is 4.79 Å². The molecule has 2 aromatic heterocycles. The number of pyridine rings is 1. The van der Waals surface area contributed by atoms with Gasteiger partial charge in [0.1, 0.15) is 0 Å². The molecule has 3 rings (SSSR count). The third-order valence-electron chi connectivity index (χ3n) is 3.69. The van der Waals surface area contributed by atoms with E-state index < -0.39 is 0 Å². The Hall–Kier alpha value is -2.24. The Balaban J connectivity index is 1.42. The number of aryl methyl sites for hydroxylation is 1. The highest BCUT2D eigenvalue weighted by Crippen LogP contribution is 2.20. The molecule has 0 spiro atoms. The van der Waals surface area contributed by atoms with Crippen molar-refractivity contribution in [2.24, 2.45) is 0 Å². The standard InChI is InChI=1S/C19H18ClN3OS/c20-15-6-4-14(5-7-15)10-12-22-18(24)8-9-19-23-17(13-25-19)16-3-1-2-11-21-16/h1-7,11,13H,8-10,12H2,(H,22,24). The molecule has 0 unspecified atom stereocenters. The van der Waals surface area contributed by atoms with E-state index in [1.807, 2.05) is 47.8 Å². The number of aromatic nitrogens is 2. The Morgan fingerprint density at radius 2 is 1.92 bits per heavy atom. The van der Waals surface area contributed by atoms with Crippen LogP contribution in [0.5, 0.6) is 0 Å². The van der Waals surface area contributed by atoms with E-state index in [1.54, 1.807) is 17.5 Å². The number of carbonyl (C=O) groups is 1. The molecule has 1 aromatic carbocycles. The molecule has 0 saturated carbocycles. The smallest absolute Gasteiger partial charge is 0.220 e. The number of thiazole rings is 1. The van der Waals surface area contributed by atoms with Crippen LogP contribution in [0.4, 0.5) is 0 Å². The molecule has 4 nitrogen and oxygen atoms in total. The average molecular weight is 372 g/mol. The Labute approximate surface area is 155 Å². The molecule has 128 valence electrons. The van der Waals surface area contributed by atoms with Crippen LogP contribution in [-0.4, -0.2) is 22.4 Å². The zero-order chi connectivity index (χ0) is 17.5. The summed E-state index contributed by atoms with van der Waals surface area (Å²) in [6, 6.07) is 13.4. The Morgan fingerprint density at radius 3 is 2.68 bits per heavy atom. The first-order valence-corrected chi connectivity index (χ1v) is 9.33. The first-order chi connectivity index (χ1) is 12.2. The fraction of sp³-hybridized carbons (Fsp3) is 0.211. The summed E-state index contributed by atoms with van der Waals surface area (Å²) in [6.07, 6.45) is 3.63. The number of carbonyl (C=O) groups excluding carboxylic acids is 1. The molecular formula is C19H18ClN3OS. The van der Waals surface area contributed by atoms with Crippen LogP contribution in [0.25, 0.3) is 11.4 Å². The highest BCUT2D eigenvalue weighted by atomic mass is 35.5. The van der Waals surface area contributed by atoms with Crippen molar-refractivity contribution in [1.29, 1.82) is 0 Å². The molecule has 1 N–H and O–H groups in total. The van der Waals surface area contributed by atoms with Crippen LogP contribution in [0.15, 0.2) is 54.0 Å². The molecule has 0 bridgehead atoms. The van der Waals surface area contributed by atoms with Crippen molar-refractivity contribution >= 4 is 28.8 Å². The van der Waals surface area contributed by atoms with Crippen LogP contribution in [0, 0.1) is 0 Å². The van der Waals surface area contributed by atoms with Crippen LogP contribution in [0.1, 0.15) is 17.0 Å². The predicted octanol–water partition coefficient (Wildman–Crippen LogP) is 4.15. The zero-order valence-corrected chi connectivity index (χ0v) is 15.2. The zero-order valence-electron chi connectivity index (χ0n) is 13.6. The van der Waals surface area contributed by atoms with Gasteiger partial charge in [0.05, 0.1) is 16.4 Å². The second-order valence-electron chi connectivity index (χ2n) is 5.57. The fourth-order valence-electron chi connectivity index (χ4n) is 2.36. The van der Waals surface area contributed by atoms with Crippen LogP contribution in [-0.2, 0) is 17.6 Å². The van der Waals surface area contributed by atoms with Gasteiger partial charge in [-0.2, -0.15) is 0 Å². The van der Waals surface area contributed by atoms with Gasteiger partial charge >= 0.3 is 0 Å². The Kier molecular flexibility index (Phi) is 6.14. The van der Waals surface area contributed by atoms with E-state index in [2.05, 4.69) is 15.3 Å². The second kappa shape index (κ2) is 8.74. The lowest BCUT2D eigenvalue weighted by Gasteiger charge is -2.05. The van der Waals surface area contributed by atoms with E-state index in [-0.39, 0.29) is 5.91 Å². The lowest BCUT2D eigenvalue weighted by atomic mass is 10.1. The molecule has 0 aliphatic carbocycles. The van der Waals surface area contributed by atoms with Crippen molar-refractivity contribution in [3.8, 4) is 11.4 Å². The minimum atomic E-state index is 0.0450. The monoisotopic (exact) mass is 371 g/mol. The first kappa shape index (κ1) is 17.6. The molecule has 0 atom stereocenters. The largest absolute Gasteiger partial charge is 0.356 e. The minimum absolute atomic E-state index is 0.0450. The molecule has 0 aliphatic heterocycles. The molecular weight excluding hydrogens is 354 g/mol. The van der Waals surface area contributed by atoms with Gasteiger partial charge in [0.2, 0.25) is 5.91 Å². The van der Waals surface area contributed by atoms with Crippen LogP contribution in [0.3, 0.4) is 0 Å². The number of rotatable bonds is 7. The highest BCUT2D eigenvalue weighted by molar-refractivity contribution is 7.09. The number of nitrogens with one attached hydrogen (secondary N) is 1. The third kappa shape index (κ3) is 5.37. The molecule has 0 radical (unpaired) electrons. The summed E-state index contributed by atoms with van der Waals surface area (Å²) in [5.41, 5.74) is 2.88. The van der Waals surface area contributed by atoms with E-state index in [0.717, 1.165) is 33.4 Å². The van der Waals surface area contributed by atoms with Gasteiger partial charge in [-0.25, -0.2) is 4.98 Å². The van der Waals surface area contributed by atoms with E-state index >= 15 is 0 Å². The van der Waals surface area contributed by atoms with Crippen LogP contribution >= 0.6 is 22.9 Å². The van der Waals surface area contributed by atoms with Gasteiger partial charge in [-0.15, -0.1) is 11.3 Å². The molecule has 6 heteroatoms. The molecule has 3 aromatic rings. The van der Waals surface area contributed by atoms with Gasteiger partial charge in [0, 0.05) is 36.0 Å². The molecule has 0 fully saturated rings. The number of hydrogen-bond acceptors (Lipinski definition) is 4. The average Bonchev–Trinajstić information content (AvgIpc) is 3.11. The summed E-state index contributed by atoms with van der Waals surface area (Å²) in [6.45, 7) is 0.623. The molecule has 0 aliphatic rings. The third-order valence-corrected chi connectivity index (χ3v) is 4.85. The SMILES string of the molecule is O=C(CCc1nc(-c2ccccn2)cs1)NCCc1ccc(Cl)cc1. The maximum absolute atomic E-state index is 12.0. The van der Waals surface area contributed by atoms with Crippen molar-refractivity contribution in [2.75, 3.05) is 6.54 Å². The van der Waals surface area contributed by atoms with Crippen LogP contribution < -0.4 is 5.32 Å². The number of halogens is 1. The molecule has 0 saturated heterocycles. The number of nitrogens with zero attached hydrogens (tertiary/aromatic N) is 2.